The second kappa shape index (κ2) is 9.26. The maximum absolute atomic E-state index is 12.7. The molecule has 0 aromatic heterocycles. The molecular formula is C20H25F3O5. The molecule has 8 heteroatoms. The van der Waals surface area contributed by atoms with E-state index in [1.807, 2.05) is 12.2 Å². The molecule has 5 nitrogen and oxygen atoms in total. The molecule has 2 aliphatic rings. The number of aliphatic hydroxyl groups excluding tert-OH is 2. The van der Waals surface area contributed by atoms with Gasteiger partial charge in [-0.3, -0.25) is 0 Å². The van der Waals surface area contributed by atoms with Crippen molar-refractivity contribution >= 4 is 0 Å². The first-order valence-electron chi connectivity index (χ1n) is 9.40. The van der Waals surface area contributed by atoms with Crippen LogP contribution in [0.5, 0.6) is 5.75 Å². The van der Waals surface area contributed by atoms with Gasteiger partial charge in [-0.05, 0) is 30.5 Å². The van der Waals surface area contributed by atoms with E-state index in [1.165, 1.54) is 12.1 Å². The fraction of sp³-hybridized carbons (Fsp3) is 0.600. The molecule has 0 bridgehead atoms. The number of hydrogen-bond acceptors (Lipinski definition) is 5. The molecule has 0 radical (unpaired) electrons. The van der Waals surface area contributed by atoms with Crippen LogP contribution in [0, 0.1) is 11.8 Å². The van der Waals surface area contributed by atoms with E-state index in [0.717, 1.165) is 12.1 Å². The van der Waals surface area contributed by atoms with Gasteiger partial charge in [0.05, 0.1) is 37.6 Å². The predicted octanol–water partition coefficient (Wildman–Crippen LogP) is 3.15. The molecule has 1 saturated heterocycles. The topological polar surface area (TPSA) is 68.2 Å². The van der Waals surface area contributed by atoms with Crippen molar-refractivity contribution in [3.8, 4) is 5.75 Å². The number of alkyl halides is 3. The van der Waals surface area contributed by atoms with Gasteiger partial charge in [0.1, 0.15) is 5.75 Å². The molecule has 1 aromatic carbocycles. The van der Waals surface area contributed by atoms with Gasteiger partial charge < -0.3 is 24.4 Å². The molecule has 1 heterocycles. The first-order chi connectivity index (χ1) is 13.3. The van der Waals surface area contributed by atoms with Gasteiger partial charge in [-0.2, -0.15) is 13.2 Å². The summed E-state index contributed by atoms with van der Waals surface area (Å²) in [7, 11) is 0. The highest BCUT2D eigenvalue weighted by Crippen LogP contribution is 2.38. The lowest BCUT2D eigenvalue weighted by Crippen LogP contribution is -2.26. The zero-order valence-corrected chi connectivity index (χ0v) is 15.3. The molecule has 1 aromatic rings. The molecule has 0 unspecified atom stereocenters. The van der Waals surface area contributed by atoms with Crippen LogP contribution in [0.3, 0.4) is 0 Å². The molecule has 2 N–H and O–H groups in total. The lowest BCUT2D eigenvalue weighted by molar-refractivity contribution is -0.137. The summed E-state index contributed by atoms with van der Waals surface area (Å²) in [6.07, 6.45) is -1.09. The van der Waals surface area contributed by atoms with E-state index in [-0.39, 0.29) is 30.5 Å². The van der Waals surface area contributed by atoms with E-state index in [9.17, 15) is 23.4 Å². The molecule has 1 saturated carbocycles. The van der Waals surface area contributed by atoms with Crippen LogP contribution < -0.4 is 4.74 Å². The van der Waals surface area contributed by atoms with Gasteiger partial charge in [0.15, 0.2) is 6.29 Å². The van der Waals surface area contributed by atoms with Crippen molar-refractivity contribution in [1.29, 1.82) is 0 Å². The predicted molar refractivity (Wildman–Crippen MR) is 94.6 cm³/mol. The van der Waals surface area contributed by atoms with Crippen LogP contribution in [-0.4, -0.2) is 48.5 Å². The highest BCUT2D eigenvalue weighted by atomic mass is 19.4. The summed E-state index contributed by atoms with van der Waals surface area (Å²) in [4.78, 5) is 0. The molecule has 4 atom stereocenters. The Morgan fingerprint density at radius 2 is 1.89 bits per heavy atom. The van der Waals surface area contributed by atoms with Crippen LogP contribution in [0.1, 0.15) is 24.8 Å². The average Bonchev–Trinajstić information content (AvgIpc) is 3.24. The molecule has 0 spiro atoms. The second-order valence-electron chi connectivity index (χ2n) is 7.11. The summed E-state index contributed by atoms with van der Waals surface area (Å²) in [5, 5.41) is 20.4. The summed E-state index contributed by atoms with van der Waals surface area (Å²) in [6, 6.07) is 4.76. The number of rotatable bonds is 7. The van der Waals surface area contributed by atoms with Gasteiger partial charge in [0.2, 0.25) is 0 Å². The summed E-state index contributed by atoms with van der Waals surface area (Å²) < 4.78 is 54.4. The fourth-order valence-corrected chi connectivity index (χ4v) is 3.73. The monoisotopic (exact) mass is 402 g/mol. The van der Waals surface area contributed by atoms with Crippen LogP contribution in [-0.2, 0) is 15.7 Å². The van der Waals surface area contributed by atoms with Crippen LogP contribution in [0.4, 0.5) is 13.2 Å². The van der Waals surface area contributed by atoms with E-state index in [4.69, 9.17) is 14.2 Å². The Hall–Kier alpha value is -1.61. The first-order valence-corrected chi connectivity index (χ1v) is 9.40. The molecule has 3 rings (SSSR count). The van der Waals surface area contributed by atoms with Crippen molar-refractivity contribution < 1.29 is 37.6 Å². The number of aliphatic hydroxyl groups is 2. The Morgan fingerprint density at radius 1 is 1.14 bits per heavy atom. The van der Waals surface area contributed by atoms with Crippen molar-refractivity contribution in [3.63, 3.8) is 0 Å². The third kappa shape index (κ3) is 5.47. The van der Waals surface area contributed by atoms with E-state index < -0.39 is 23.9 Å². The second-order valence-corrected chi connectivity index (χ2v) is 7.11. The summed E-state index contributed by atoms with van der Waals surface area (Å²) in [5.74, 6) is -0.233. The van der Waals surface area contributed by atoms with E-state index >= 15 is 0 Å². The molecule has 1 aliphatic heterocycles. The van der Waals surface area contributed by atoms with Crippen molar-refractivity contribution in [2.45, 2.75) is 43.9 Å². The lowest BCUT2D eigenvalue weighted by Gasteiger charge is -2.23. The maximum Gasteiger partial charge on any atom is 0.416 e. The van der Waals surface area contributed by atoms with Gasteiger partial charge in [-0.25, -0.2) is 0 Å². The smallest absolute Gasteiger partial charge is 0.416 e. The minimum Gasteiger partial charge on any atom is -0.493 e. The first kappa shape index (κ1) is 21.1. The van der Waals surface area contributed by atoms with Crippen LogP contribution in [0.25, 0.3) is 0 Å². The quantitative estimate of drug-likeness (QED) is 0.542. The number of hydrogen-bond donors (Lipinski definition) is 2. The van der Waals surface area contributed by atoms with E-state index in [2.05, 4.69) is 0 Å². The Morgan fingerprint density at radius 3 is 2.61 bits per heavy atom. The summed E-state index contributed by atoms with van der Waals surface area (Å²) in [5.41, 5.74) is -0.747. The van der Waals surface area contributed by atoms with Gasteiger partial charge in [-0.15, -0.1) is 0 Å². The van der Waals surface area contributed by atoms with Crippen LogP contribution >= 0.6 is 0 Å². The van der Waals surface area contributed by atoms with Crippen molar-refractivity contribution in [2.75, 3.05) is 19.8 Å². The van der Waals surface area contributed by atoms with Gasteiger partial charge in [0, 0.05) is 18.8 Å². The van der Waals surface area contributed by atoms with Crippen LogP contribution in [0.15, 0.2) is 36.4 Å². The third-order valence-electron chi connectivity index (χ3n) is 5.14. The zero-order chi connectivity index (χ0) is 20.1. The Balaban J connectivity index is 1.49. The van der Waals surface area contributed by atoms with Crippen LogP contribution in [0.2, 0.25) is 0 Å². The van der Waals surface area contributed by atoms with Crippen molar-refractivity contribution in [3.05, 3.63) is 42.0 Å². The Bertz CT molecular complexity index is 657. The SMILES string of the molecule is O[C@@H]1C[C@H](O)[C@H](CC2OCCO2)[C@H]1/C=C/CCOc1cccc(C(F)(F)F)c1. The van der Waals surface area contributed by atoms with E-state index in [1.54, 1.807) is 0 Å². The minimum absolute atomic E-state index is 0.160. The standard InChI is InChI=1S/C20H25F3O5/c21-20(22,23)13-4-3-5-14(10-13)26-7-2-1-6-15-16(18(25)12-17(15)24)11-19-27-8-9-28-19/h1,3-6,10,15-19,24-25H,2,7-9,11-12H2/b6-1+/t15-,16-,17-,18+/m1/s1. The van der Waals surface area contributed by atoms with Crippen molar-refractivity contribution in [1.82, 2.24) is 0 Å². The van der Waals surface area contributed by atoms with Crippen molar-refractivity contribution in [2.24, 2.45) is 11.8 Å². The highest BCUT2D eigenvalue weighted by molar-refractivity contribution is 5.30. The van der Waals surface area contributed by atoms with Gasteiger partial charge in [-0.1, -0.05) is 18.2 Å². The summed E-state index contributed by atoms with van der Waals surface area (Å²) in [6.45, 7) is 1.27. The largest absolute Gasteiger partial charge is 0.493 e. The molecule has 1 aliphatic carbocycles. The highest BCUT2D eigenvalue weighted by Gasteiger charge is 2.42. The molecule has 156 valence electrons. The van der Waals surface area contributed by atoms with Gasteiger partial charge >= 0.3 is 6.18 Å². The molecular weight excluding hydrogens is 377 g/mol. The zero-order valence-electron chi connectivity index (χ0n) is 15.3. The normalized spacial score (nSPS) is 29.0. The lowest BCUT2D eigenvalue weighted by atomic mass is 9.90. The fourth-order valence-electron chi connectivity index (χ4n) is 3.73. The number of ether oxygens (including phenoxy) is 3. The maximum atomic E-state index is 12.7. The molecule has 28 heavy (non-hydrogen) atoms. The summed E-state index contributed by atoms with van der Waals surface area (Å²) >= 11 is 0. The number of benzene rings is 1. The average molecular weight is 402 g/mol. The Labute approximate surface area is 161 Å². The molecule has 0 amide bonds. The molecule has 2 fully saturated rings. The minimum atomic E-state index is -4.40. The number of halogens is 3. The third-order valence-corrected chi connectivity index (χ3v) is 5.14. The van der Waals surface area contributed by atoms with E-state index in [0.29, 0.717) is 32.5 Å². The Kier molecular flexibility index (Phi) is 6.98. The van der Waals surface area contributed by atoms with Gasteiger partial charge in [0.25, 0.3) is 0 Å².